The van der Waals surface area contributed by atoms with Gasteiger partial charge in [-0.3, -0.25) is 13.9 Å². The summed E-state index contributed by atoms with van der Waals surface area (Å²) in [7, 11) is -4.25. The van der Waals surface area contributed by atoms with E-state index in [0.29, 0.717) is 6.42 Å². The number of halogens is 3. The standard InChI is InChI=1S/C29H32BrCl2N3O4S/c1-5-20(3)33-29(37)21(4)34(17-22-8-6-9-23(30)16-22)27(36)18-35(26-11-7-10-25(31)28(26)32)40(38,39)24-14-12-19(2)13-15-24/h6-16,20-21H,5,17-18H2,1-4H3,(H,33,37)/t20-,21+/m0/s1. The number of rotatable bonds is 11. The highest BCUT2D eigenvalue weighted by Crippen LogP contribution is 2.35. The third-order valence-corrected chi connectivity index (χ3v) is 9.57. The van der Waals surface area contributed by atoms with Crippen LogP contribution in [-0.2, 0) is 26.2 Å². The number of carbonyl (C=O) groups excluding carboxylic acids is 2. The number of sulfonamides is 1. The zero-order valence-electron chi connectivity index (χ0n) is 22.7. The molecule has 0 aliphatic rings. The molecule has 0 radical (unpaired) electrons. The van der Waals surface area contributed by atoms with E-state index in [1.54, 1.807) is 25.1 Å². The van der Waals surface area contributed by atoms with Gasteiger partial charge in [-0.25, -0.2) is 8.42 Å². The van der Waals surface area contributed by atoms with Gasteiger partial charge in [-0.2, -0.15) is 0 Å². The van der Waals surface area contributed by atoms with Gasteiger partial charge in [0.1, 0.15) is 12.6 Å². The van der Waals surface area contributed by atoms with Crippen molar-refractivity contribution in [1.29, 1.82) is 0 Å². The largest absolute Gasteiger partial charge is 0.352 e. The summed E-state index contributed by atoms with van der Waals surface area (Å²) in [5.74, 6) is -0.926. The van der Waals surface area contributed by atoms with Crippen LogP contribution < -0.4 is 9.62 Å². The fourth-order valence-electron chi connectivity index (χ4n) is 3.92. The fraction of sp³-hybridized carbons (Fsp3) is 0.310. The van der Waals surface area contributed by atoms with Crippen molar-refractivity contribution in [1.82, 2.24) is 10.2 Å². The molecule has 3 aromatic rings. The van der Waals surface area contributed by atoms with E-state index < -0.39 is 28.5 Å². The molecule has 0 saturated heterocycles. The number of hydrogen-bond donors (Lipinski definition) is 1. The van der Waals surface area contributed by atoms with Gasteiger partial charge in [-0.1, -0.05) is 82.0 Å². The van der Waals surface area contributed by atoms with E-state index in [1.807, 2.05) is 45.0 Å². The van der Waals surface area contributed by atoms with Crippen LogP contribution in [0.4, 0.5) is 5.69 Å². The Bertz CT molecular complexity index is 1470. The molecule has 11 heteroatoms. The number of anilines is 1. The SMILES string of the molecule is CC[C@H](C)NC(=O)[C@@H](C)N(Cc1cccc(Br)c1)C(=O)CN(c1cccc(Cl)c1Cl)S(=O)(=O)c1ccc(C)cc1. The first-order valence-corrected chi connectivity index (χ1v) is 15.7. The van der Waals surface area contributed by atoms with Crippen LogP contribution in [0.1, 0.15) is 38.3 Å². The summed E-state index contributed by atoms with van der Waals surface area (Å²) in [5, 5.41) is 3.05. The molecule has 0 fully saturated rings. The lowest BCUT2D eigenvalue weighted by Gasteiger charge is -2.32. The summed E-state index contributed by atoms with van der Waals surface area (Å²) in [6.45, 7) is 6.76. The van der Waals surface area contributed by atoms with E-state index in [4.69, 9.17) is 23.2 Å². The number of hydrogen-bond acceptors (Lipinski definition) is 4. The molecule has 0 saturated carbocycles. The number of carbonyl (C=O) groups is 2. The predicted molar refractivity (Wildman–Crippen MR) is 164 cm³/mol. The normalized spacial score (nSPS) is 12.9. The summed E-state index contributed by atoms with van der Waals surface area (Å²) in [5.41, 5.74) is 1.70. The first-order chi connectivity index (χ1) is 18.8. The van der Waals surface area contributed by atoms with Gasteiger partial charge < -0.3 is 10.2 Å². The van der Waals surface area contributed by atoms with E-state index >= 15 is 0 Å². The Balaban J connectivity index is 2.07. The van der Waals surface area contributed by atoms with Gasteiger partial charge in [-0.05, 0) is 69.2 Å². The number of amides is 2. The maximum absolute atomic E-state index is 14.0. The Morgan fingerprint density at radius 3 is 2.27 bits per heavy atom. The molecule has 0 aliphatic heterocycles. The van der Waals surface area contributed by atoms with Gasteiger partial charge in [0.15, 0.2) is 0 Å². The van der Waals surface area contributed by atoms with Gasteiger partial charge in [-0.15, -0.1) is 0 Å². The lowest BCUT2D eigenvalue weighted by Crippen LogP contribution is -2.52. The van der Waals surface area contributed by atoms with Crippen LogP contribution in [0.5, 0.6) is 0 Å². The molecule has 7 nitrogen and oxygen atoms in total. The molecule has 0 unspecified atom stereocenters. The Labute approximate surface area is 254 Å². The van der Waals surface area contributed by atoms with Gasteiger partial charge in [0.25, 0.3) is 10.0 Å². The van der Waals surface area contributed by atoms with Crippen LogP contribution in [0.15, 0.2) is 76.1 Å². The highest BCUT2D eigenvalue weighted by molar-refractivity contribution is 9.10. The molecule has 3 rings (SSSR count). The van der Waals surface area contributed by atoms with Crippen molar-refractivity contribution in [3.63, 3.8) is 0 Å². The molecule has 40 heavy (non-hydrogen) atoms. The van der Waals surface area contributed by atoms with Crippen LogP contribution in [0, 0.1) is 6.92 Å². The van der Waals surface area contributed by atoms with Crippen LogP contribution in [0.2, 0.25) is 10.0 Å². The van der Waals surface area contributed by atoms with Gasteiger partial charge in [0.05, 0.1) is 20.6 Å². The van der Waals surface area contributed by atoms with Crippen molar-refractivity contribution in [3.8, 4) is 0 Å². The molecule has 0 spiro atoms. The molecular weight excluding hydrogens is 637 g/mol. The van der Waals surface area contributed by atoms with Crippen molar-refractivity contribution >= 4 is 66.7 Å². The zero-order valence-corrected chi connectivity index (χ0v) is 26.6. The molecule has 1 N–H and O–H groups in total. The second-order valence-electron chi connectivity index (χ2n) is 9.54. The Morgan fingerprint density at radius 2 is 1.65 bits per heavy atom. The number of benzene rings is 3. The fourth-order valence-corrected chi connectivity index (χ4v) is 6.24. The quantitative estimate of drug-likeness (QED) is 0.250. The van der Waals surface area contributed by atoms with Crippen molar-refractivity contribution in [2.24, 2.45) is 0 Å². The molecule has 214 valence electrons. The van der Waals surface area contributed by atoms with E-state index in [9.17, 15) is 18.0 Å². The summed E-state index contributed by atoms with van der Waals surface area (Å²) < 4.78 is 29.6. The van der Waals surface area contributed by atoms with Crippen LogP contribution in [0.25, 0.3) is 0 Å². The second-order valence-corrected chi connectivity index (χ2v) is 13.1. The Morgan fingerprint density at radius 1 is 1.00 bits per heavy atom. The average Bonchev–Trinajstić information content (AvgIpc) is 2.91. The Hall–Kier alpha value is -2.59. The van der Waals surface area contributed by atoms with E-state index in [-0.39, 0.29) is 39.1 Å². The number of nitrogens with zero attached hydrogens (tertiary/aromatic N) is 2. The smallest absolute Gasteiger partial charge is 0.264 e. The molecule has 3 aromatic carbocycles. The zero-order chi connectivity index (χ0) is 29.6. The minimum Gasteiger partial charge on any atom is -0.352 e. The minimum atomic E-state index is -4.25. The van der Waals surface area contributed by atoms with Crippen molar-refractivity contribution < 1.29 is 18.0 Å². The van der Waals surface area contributed by atoms with Crippen LogP contribution >= 0.6 is 39.1 Å². The summed E-state index contributed by atoms with van der Waals surface area (Å²) in [6.07, 6.45) is 0.716. The van der Waals surface area contributed by atoms with Gasteiger partial charge in [0.2, 0.25) is 11.8 Å². The molecule has 0 aliphatic carbocycles. The van der Waals surface area contributed by atoms with Crippen molar-refractivity contribution in [2.75, 3.05) is 10.8 Å². The maximum Gasteiger partial charge on any atom is 0.264 e. The lowest BCUT2D eigenvalue weighted by molar-refractivity contribution is -0.139. The first kappa shape index (κ1) is 31.9. The number of aryl methyl sites for hydroxylation is 1. The molecular formula is C29H32BrCl2N3O4S. The topological polar surface area (TPSA) is 86.8 Å². The highest BCUT2D eigenvalue weighted by Gasteiger charge is 2.34. The molecule has 2 atom stereocenters. The van der Waals surface area contributed by atoms with Gasteiger partial charge >= 0.3 is 0 Å². The maximum atomic E-state index is 14.0. The molecule has 0 bridgehead atoms. The third-order valence-electron chi connectivity index (χ3n) is 6.50. The molecule has 0 aromatic heterocycles. The molecule has 0 heterocycles. The number of nitrogens with one attached hydrogen (secondary N) is 1. The molecule has 2 amide bonds. The third kappa shape index (κ3) is 7.78. The highest BCUT2D eigenvalue weighted by atomic mass is 79.9. The summed E-state index contributed by atoms with van der Waals surface area (Å²) >= 11 is 16.2. The first-order valence-electron chi connectivity index (χ1n) is 12.7. The van der Waals surface area contributed by atoms with E-state index in [2.05, 4.69) is 21.2 Å². The second kappa shape index (κ2) is 13.9. The van der Waals surface area contributed by atoms with Crippen molar-refractivity contribution in [3.05, 3.63) is 92.4 Å². The van der Waals surface area contributed by atoms with Crippen LogP contribution in [-0.4, -0.2) is 43.8 Å². The average molecular weight is 669 g/mol. The van der Waals surface area contributed by atoms with Gasteiger partial charge in [0, 0.05) is 17.1 Å². The predicted octanol–water partition coefficient (Wildman–Crippen LogP) is 6.59. The van der Waals surface area contributed by atoms with E-state index in [1.165, 1.54) is 29.2 Å². The summed E-state index contributed by atoms with van der Waals surface area (Å²) in [6, 6.07) is 17.3. The lowest BCUT2D eigenvalue weighted by atomic mass is 10.1. The summed E-state index contributed by atoms with van der Waals surface area (Å²) in [4.78, 5) is 28.5. The van der Waals surface area contributed by atoms with Crippen LogP contribution in [0.3, 0.4) is 0 Å². The monoisotopic (exact) mass is 667 g/mol. The van der Waals surface area contributed by atoms with Crippen molar-refractivity contribution in [2.45, 2.75) is 57.6 Å². The minimum absolute atomic E-state index is 0.00578. The van der Waals surface area contributed by atoms with E-state index in [0.717, 1.165) is 19.9 Å². The Kier molecular flexibility index (Phi) is 11.1.